The van der Waals surface area contributed by atoms with Crippen molar-refractivity contribution in [2.24, 2.45) is 0 Å². The highest BCUT2D eigenvalue weighted by molar-refractivity contribution is 9.10. The van der Waals surface area contributed by atoms with Crippen LogP contribution in [0.1, 0.15) is 5.56 Å². The zero-order valence-electron chi connectivity index (χ0n) is 21.4. The number of rotatable bonds is 5. The first kappa shape index (κ1) is 26.5. The molecule has 1 N–H and O–H groups in total. The van der Waals surface area contributed by atoms with Crippen molar-refractivity contribution in [2.75, 3.05) is 4.90 Å². The number of urea groups is 1. The predicted octanol–water partition coefficient (Wildman–Crippen LogP) is 7.89. The first-order chi connectivity index (χ1) is 19.9. The number of halogens is 2. The van der Waals surface area contributed by atoms with Crippen LogP contribution in [0.3, 0.4) is 0 Å². The van der Waals surface area contributed by atoms with E-state index in [9.17, 15) is 14.4 Å². The van der Waals surface area contributed by atoms with Crippen LogP contribution in [0, 0.1) is 0 Å². The molecule has 1 aromatic heterocycles. The molecule has 6 rings (SSSR count). The molecular formula is C33H21BrClN3O3. The average molecular weight is 623 g/mol. The summed E-state index contributed by atoms with van der Waals surface area (Å²) in [4.78, 5) is 40.6. The van der Waals surface area contributed by atoms with Crippen LogP contribution in [-0.2, 0) is 9.59 Å². The van der Waals surface area contributed by atoms with E-state index in [0.717, 1.165) is 33.1 Å². The fourth-order valence-corrected chi connectivity index (χ4v) is 5.39. The Morgan fingerprint density at radius 2 is 1.37 bits per heavy atom. The molecule has 1 fully saturated rings. The summed E-state index contributed by atoms with van der Waals surface area (Å²) in [5.41, 5.74) is 5.10. The number of aromatic nitrogens is 1. The van der Waals surface area contributed by atoms with E-state index in [4.69, 9.17) is 11.6 Å². The van der Waals surface area contributed by atoms with E-state index in [2.05, 4.69) is 25.8 Å². The standard InChI is InChI=1S/C33H21BrClN3O3/c34-24-12-7-13-27(20-24)38-32(40)28(31(39)36-33(38)41)18-23-19-29(21-8-3-1-4-9-21)37(26-16-14-25(35)15-17-26)30(23)22-10-5-2-6-11-22/h1-20H,(H,36,39,41). The lowest BCUT2D eigenvalue weighted by Gasteiger charge is -2.26. The Bertz CT molecular complexity index is 1830. The van der Waals surface area contributed by atoms with Crippen LogP contribution in [0.5, 0.6) is 0 Å². The third-order valence-electron chi connectivity index (χ3n) is 6.70. The SMILES string of the molecule is O=C1NC(=O)N(c2cccc(Br)c2)C(=O)C1=Cc1cc(-c2ccccc2)n(-c2ccc(Cl)cc2)c1-c1ccccc1. The Hall–Kier alpha value is -4.72. The molecule has 4 amide bonds. The molecule has 4 aromatic carbocycles. The van der Waals surface area contributed by atoms with Gasteiger partial charge in [0.2, 0.25) is 0 Å². The number of carbonyl (C=O) groups is 3. The fourth-order valence-electron chi connectivity index (χ4n) is 4.87. The largest absolute Gasteiger partial charge is 0.335 e. The summed E-state index contributed by atoms with van der Waals surface area (Å²) in [6.07, 6.45) is 1.55. The Labute approximate surface area is 249 Å². The average Bonchev–Trinajstić information content (AvgIpc) is 3.36. The number of imide groups is 2. The van der Waals surface area contributed by atoms with Crippen molar-refractivity contribution in [1.29, 1.82) is 0 Å². The molecule has 2 heterocycles. The van der Waals surface area contributed by atoms with E-state index in [1.807, 2.05) is 91.0 Å². The molecule has 1 saturated heterocycles. The van der Waals surface area contributed by atoms with E-state index in [1.165, 1.54) is 0 Å². The van der Waals surface area contributed by atoms with Gasteiger partial charge in [-0.2, -0.15) is 0 Å². The summed E-state index contributed by atoms with van der Waals surface area (Å²) in [6.45, 7) is 0. The molecule has 0 spiro atoms. The van der Waals surface area contributed by atoms with Gasteiger partial charge in [0.25, 0.3) is 11.8 Å². The van der Waals surface area contributed by atoms with Crippen molar-refractivity contribution < 1.29 is 14.4 Å². The second-order valence-corrected chi connectivity index (χ2v) is 10.7. The highest BCUT2D eigenvalue weighted by atomic mass is 79.9. The minimum atomic E-state index is -0.803. The number of nitrogens with one attached hydrogen (secondary N) is 1. The predicted molar refractivity (Wildman–Crippen MR) is 165 cm³/mol. The molecule has 200 valence electrons. The molecule has 1 aliphatic heterocycles. The normalized spacial score (nSPS) is 14.4. The van der Waals surface area contributed by atoms with Gasteiger partial charge in [-0.25, -0.2) is 9.69 Å². The summed E-state index contributed by atoms with van der Waals surface area (Å²) >= 11 is 9.61. The van der Waals surface area contributed by atoms with E-state index < -0.39 is 17.8 Å². The van der Waals surface area contributed by atoms with Gasteiger partial charge in [0.1, 0.15) is 5.57 Å². The molecule has 1 aliphatic rings. The van der Waals surface area contributed by atoms with Gasteiger partial charge in [0.05, 0.1) is 17.1 Å². The van der Waals surface area contributed by atoms with Crippen LogP contribution in [0.2, 0.25) is 5.02 Å². The second-order valence-electron chi connectivity index (χ2n) is 9.32. The van der Waals surface area contributed by atoms with Gasteiger partial charge in [-0.1, -0.05) is 94.3 Å². The van der Waals surface area contributed by atoms with E-state index in [-0.39, 0.29) is 5.57 Å². The fraction of sp³-hybridized carbons (Fsp3) is 0. The number of carbonyl (C=O) groups excluding carboxylic acids is 3. The lowest BCUT2D eigenvalue weighted by molar-refractivity contribution is -0.122. The van der Waals surface area contributed by atoms with Crippen molar-refractivity contribution in [1.82, 2.24) is 9.88 Å². The summed E-state index contributed by atoms with van der Waals surface area (Å²) in [5.74, 6) is -1.47. The monoisotopic (exact) mass is 621 g/mol. The van der Waals surface area contributed by atoms with Gasteiger partial charge < -0.3 is 4.57 Å². The van der Waals surface area contributed by atoms with Crippen LogP contribution in [0.25, 0.3) is 34.3 Å². The maximum atomic E-state index is 13.7. The first-order valence-corrected chi connectivity index (χ1v) is 13.9. The number of barbiturate groups is 1. The highest BCUT2D eigenvalue weighted by Gasteiger charge is 2.37. The third kappa shape index (κ3) is 5.13. The number of hydrogen-bond acceptors (Lipinski definition) is 3. The maximum Gasteiger partial charge on any atom is 0.335 e. The zero-order chi connectivity index (χ0) is 28.5. The van der Waals surface area contributed by atoms with Crippen molar-refractivity contribution in [3.05, 3.63) is 136 Å². The number of nitrogens with zero attached hydrogens (tertiary/aromatic N) is 2. The molecule has 0 radical (unpaired) electrons. The lowest BCUT2D eigenvalue weighted by atomic mass is 10.0. The number of amides is 4. The van der Waals surface area contributed by atoms with Crippen LogP contribution in [0.4, 0.5) is 10.5 Å². The summed E-state index contributed by atoms with van der Waals surface area (Å²) < 4.78 is 2.77. The van der Waals surface area contributed by atoms with E-state index >= 15 is 0 Å². The Balaban J connectivity index is 1.60. The van der Waals surface area contributed by atoms with Gasteiger partial charge in [-0.05, 0) is 65.7 Å². The molecular weight excluding hydrogens is 602 g/mol. The van der Waals surface area contributed by atoms with Crippen molar-refractivity contribution in [3.8, 4) is 28.2 Å². The molecule has 0 saturated carbocycles. The summed E-state index contributed by atoms with van der Waals surface area (Å²) in [6, 6.07) is 35.0. The van der Waals surface area contributed by atoms with Crippen molar-refractivity contribution in [2.45, 2.75) is 0 Å². The van der Waals surface area contributed by atoms with Crippen LogP contribution in [-0.4, -0.2) is 22.4 Å². The maximum absolute atomic E-state index is 13.7. The van der Waals surface area contributed by atoms with Gasteiger partial charge >= 0.3 is 6.03 Å². The topological polar surface area (TPSA) is 71.4 Å². The highest BCUT2D eigenvalue weighted by Crippen LogP contribution is 2.38. The zero-order valence-corrected chi connectivity index (χ0v) is 23.8. The molecule has 0 unspecified atom stereocenters. The molecule has 41 heavy (non-hydrogen) atoms. The van der Waals surface area contributed by atoms with E-state index in [0.29, 0.717) is 20.7 Å². The summed E-state index contributed by atoms with van der Waals surface area (Å²) in [7, 11) is 0. The number of anilines is 1. The van der Waals surface area contributed by atoms with E-state index in [1.54, 1.807) is 30.3 Å². The lowest BCUT2D eigenvalue weighted by Crippen LogP contribution is -2.54. The first-order valence-electron chi connectivity index (χ1n) is 12.7. The van der Waals surface area contributed by atoms with Crippen LogP contribution < -0.4 is 10.2 Å². The smallest absolute Gasteiger partial charge is 0.309 e. The van der Waals surface area contributed by atoms with Gasteiger partial charge in [0, 0.05) is 20.7 Å². The minimum Gasteiger partial charge on any atom is -0.309 e. The third-order valence-corrected chi connectivity index (χ3v) is 7.44. The Kier molecular flexibility index (Phi) is 7.14. The Morgan fingerprint density at radius 3 is 2.02 bits per heavy atom. The van der Waals surface area contributed by atoms with Gasteiger partial charge in [0.15, 0.2) is 0 Å². The molecule has 0 bridgehead atoms. The van der Waals surface area contributed by atoms with Crippen molar-refractivity contribution in [3.63, 3.8) is 0 Å². The summed E-state index contributed by atoms with van der Waals surface area (Å²) in [5, 5.41) is 2.92. The molecule has 0 atom stereocenters. The van der Waals surface area contributed by atoms with Crippen LogP contribution in [0.15, 0.2) is 125 Å². The Morgan fingerprint density at radius 1 is 0.707 bits per heavy atom. The number of benzene rings is 4. The molecule has 6 nitrogen and oxygen atoms in total. The van der Waals surface area contributed by atoms with Crippen molar-refractivity contribution >= 4 is 57.1 Å². The minimum absolute atomic E-state index is 0.158. The molecule has 0 aliphatic carbocycles. The quantitative estimate of drug-likeness (QED) is 0.160. The van der Waals surface area contributed by atoms with Gasteiger partial charge in [-0.3, -0.25) is 14.9 Å². The molecule has 5 aromatic rings. The van der Waals surface area contributed by atoms with Gasteiger partial charge in [-0.15, -0.1) is 0 Å². The number of hydrogen-bond donors (Lipinski definition) is 1. The molecule has 8 heteroatoms. The second kappa shape index (κ2) is 11.0. The van der Waals surface area contributed by atoms with Crippen LogP contribution >= 0.6 is 27.5 Å².